The minimum absolute atomic E-state index is 0.126. The Labute approximate surface area is 249 Å². The summed E-state index contributed by atoms with van der Waals surface area (Å²) < 4.78 is 0. The number of aromatic nitrogens is 1. The summed E-state index contributed by atoms with van der Waals surface area (Å²) in [7, 11) is 0. The van der Waals surface area contributed by atoms with Crippen LogP contribution < -0.4 is 10.6 Å². The average Bonchev–Trinajstić information content (AvgIpc) is 3.58. The lowest BCUT2D eigenvalue weighted by Gasteiger charge is -2.02. The maximum absolute atomic E-state index is 12.5. The maximum Gasteiger partial charge on any atom is 0.303 e. The van der Waals surface area contributed by atoms with Gasteiger partial charge >= 0.3 is 11.9 Å². The smallest absolute Gasteiger partial charge is 0.303 e. The quantitative estimate of drug-likeness (QED) is 0.244. The molecule has 1 aromatic heterocycles. The van der Waals surface area contributed by atoms with Crippen LogP contribution in [-0.4, -0.2) is 44.7 Å². The number of rotatable bonds is 11. The summed E-state index contributed by atoms with van der Waals surface area (Å²) in [5.74, 6) is -2.53. The van der Waals surface area contributed by atoms with Crippen LogP contribution in [0, 0.1) is 6.92 Å². The van der Waals surface area contributed by atoms with Gasteiger partial charge in [-0.3, -0.25) is 19.2 Å². The van der Waals surface area contributed by atoms with Crippen molar-refractivity contribution in [3.8, 4) is 0 Å². The Morgan fingerprint density at radius 2 is 1.30 bits per heavy atom. The summed E-state index contributed by atoms with van der Waals surface area (Å²) in [6, 6.07) is 0. The van der Waals surface area contributed by atoms with Crippen LogP contribution in [0.2, 0.25) is 0 Å². The van der Waals surface area contributed by atoms with E-state index in [1.165, 1.54) is 0 Å². The summed E-state index contributed by atoms with van der Waals surface area (Å²) in [5.41, 5.74) is 9.73. The monoisotopic (exact) mass is 582 g/mol. The Balaban J connectivity index is 1.70. The molecule has 3 aliphatic rings. The molecule has 3 aliphatic heterocycles. The zero-order chi connectivity index (χ0) is 31.6. The predicted molar refractivity (Wildman–Crippen MR) is 165 cm³/mol. The molecule has 10 heteroatoms. The summed E-state index contributed by atoms with van der Waals surface area (Å²) in [5, 5.41) is 23.7. The van der Waals surface area contributed by atoms with E-state index >= 15 is 0 Å². The molecule has 0 atom stereocenters. The number of carboxylic acids is 2. The Morgan fingerprint density at radius 3 is 1.79 bits per heavy atom. The van der Waals surface area contributed by atoms with Crippen molar-refractivity contribution in [1.82, 2.24) is 15.6 Å². The van der Waals surface area contributed by atoms with Gasteiger partial charge in [0.25, 0.3) is 11.8 Å². The van der Waals surface area contributed by atoms with E-state index in [1.54, 1.807) is 32.1 Å². The van der Waals surface area contributed by atoms with E-state index in [-0.39, 0.29) is 37.5 Å². The number of aliphatic carboxylic acids is 2. The first-order chi connectivity index (χ1) is 20.4. The van der Waals surface area contributed by atoms with Crippen molar-refractivity contribution in [2.24, 2.45) is 4.99 Å². The third-order valence-corrected chi connectivity index (χ3v) is 7.87. The van der Waals surface area contributed by atoms with Gasteiger partial charge in [-0.25, -0.2) is 4.99 Å². The molecular formula is C33H34N4O6. The number of nitrogens with zero attached hydrogens (tertiary/aromatic N) is 1. The van der Waals surface area contributed by atoms with Crippen LogP contribution in [0.5, 0.6) is 0 Å². The molecule has 0 aromatic carbocycles. The zero-order valence-corrected chi connectivity index (χ0v) is 24.6. The van der Waals surface area contributed by atoms with Crippen LogP contribution in [0.3, 0.4) is 0 Å². The zero-order valence-electron chi connectivity index (χ0n) is 24.6. The highest BCUT2D eigenvalue weighted by atomic mass is 16.4. The summed E-state index contributed by atoms with van der Waals surface area (Å²) in [6.45, 7) is 15.4. The van der Waals surface area contributed by atoms with Crippen molar-refractivity contribution in [3.05, 3.63) is 98.4 Å². The molecule has 5 N–H and O–H groups in total. The van der Waals surface area contributed by atoms with E-state index in [0.717, 1.165) is 33.7 Å². The molecule has 0 radical (unpaired) electrons. The largest absolute Gasteiger partial charge is 0.481 e. The second kappa shape index (κ2) is 12.3. The average molecular weight is 583 g/mol. The number of H-pyrrole nitrogens is 1. The van der Waals surface area contributed by atoms with Gasteiger partial charge in [-0.15, -0.1) is 0 Å². The fourth-order valence-corrected chi connectivity index (χ4v) is 5.31. The van der Waals surface area contributed by atoms with Crippen molar-refractivity contribution in [2.75, 3.05) is 0 Å². The second-order valence-corrected chi connectivity index (χ2v) is 10.5. The first-order valence-corrected chi connectivity index (χ1v) is 13.8. The molecule has 4 rings (SSSR count). The van der Waals surface area contributed by atoms with Gasteiger partial charge in [0.15, 0.2) is 0 Å². The number of nitrogens with one attached hydrogen (secondary N) is 3. The van der Waals surface area contributed by atoms with Crippen LogP contribution in [-0.2, 0) is 19.2 Å². The standard InChI is InChI=1S/C33H34N4O6/c1-7-20-16(3)24(13-26-18(5)22(32(42)36-26)9-11-30(38)39)34-28(20)15-29-21(8-2)17(4)25(35-29)14-27-19(6)23(33(43)37-27)10-12-31(40)41/h7-8,13-15,34H,1-2,9-12H2,3-6H3,(H,36,42)(H,37,43)(H,38,39)(H,40,41)/b26-13-,27-14-,29-15?. The van der Waals surface area contributed by atoms with Crippen LogP contribution in [0.1, 0.15) is 69.0 Å². The lowest BCUT2D eigenvalue weighted by atomic mass is 10.0. The summed E-state index contributed by atoms with van der Waals surface area (Å²) in [4.78, 5) is 55.2. The maximum atomic E-state index is 12.5. The molecule has 0 unspecified atom stereocenters. The van der Waals surface area contributed by atoms with Gasteiger partial charge in [0.05, 0.1) is 11.4 Å². The number of amides is 2. The molecule has 1 aromatic rings. The highest BCUT2D eigenvalue weighted by Gasteiger charge is 2.27. The highest BCUT2D eigenvalue weighted by Crippen LogP contribution is 2.33. The molecule has 0 saturated carbocycles. The Bertz CT molecular complexity index is 1720. The molecule has 222 valence electrons. The lowest BCUT2D eigenvalue weighted by molar-refractivity contribution is -0.138. The van der Waals surface area contributed by atoms with Crippen LogP contribution in [0.4, 0.5) is 0 Å². The third-order valence-electron chi connectivity index (χ3n) is 7.87. The third kappa shape index (κ3) is 6.18. The Morgan fingerprint density at radius 1 is 0.767 bits per heavy atom. The number of aromatic amines is 1. The summed E-state index contributed by atoms with van der Waals surface area (Å²) >= 11 is 0. The van der Waals surface area contributed by atoms with Gasteiger partial charge < -0.3 is 25.8 Å². The lowest BCUT2D eigenvalue weighted by Crippen LogP contribution is -2.17. The Kier molecular flexibility index (Phi) is 8.80. The normalized spacial score (nSPS) is 19.6. The molecular weight excluding hydrogens is 548 g/mol. The number of allylic oxidation sites excluding steroid dienone is 5. The van der Waals surface area contributed by atoms with Crippen molar-refractivity contribution in [3.63, 3.8) is 0 Å². The SMILES string of the molecule is C=CC1=C(C)C(/C=C2\NC(=O)C(CCC(=O)O)=C2C)=NC1=Cc1[nH]c(/C=C2\NC(=O)C(CCC(=O)O)=C2C)c(C)c1C=C. The van der Waals surface area contributed by atoms with Crippen molar-refractivity contribution >= 4 is 47.7 Å². The van der Waals surface area contributed by atoms with Gasteiger partial charge in [-0.2, -0.15) is 0 Å². The highest BCUT2D eigenvalue weighted by molar-refractivity contribution is 6.14. The number of carbonyl (C=O) groups is 4. The van der Waals surface area contributed by atoms with Crippen molar-refractivity contribution in [2.45, 2.75) is 53.4 Å². The van der Waals surface area contributed by atoms with Crippen LogP contribution in [0.25, 0.3) is 18.2 Å². The van der Waals surface area contributed by atoms with E-state index in [2.05, 4.69) is 28.8 Å². The fraction of sp³-hybridized carbons (Fsp3) is 0.242. The second-order valence-electron chi connectivity index (χ2n) is 10.5. The van der Waals surface area contributed by atoms with Crippen LogP contribution >= 0.6 is 0 Å². The van der Waals surface area contributed by atoms with Gasteiger partial charge in [0.1, 0.15) is 0 Å². The fourth-order valence-electron chi connectivity index (χ4n) is 5.31. The minimum atomic E-state index is -0.965. The van der Waals surface area contributed by atoms with E-state index in [9.17, 15) is 19.2 Å². The van der Waals surface area contributed by atoms with E-state index in [4.69, 9.17) is 15.2 Å². The van der Waals surface area contributed by atoms with E-state index < -0.39 is 11.9 Å². The van der Waals surface area contributed by atoms with Gasteiger partial charge in [0, 0.05) is 57.9 Å². The number of aliphatic imine (C=N–C) groups is 1. The number of hydrogen-bond donors (Lipinski definition) is 5. The molecule has 43 heavy (non-hydrogen) atoms. The first-order valence-electron chi connectivity index (χ1n) is 13.8. The van der Waals surface area contributed by atoms with E-state index in [0.29, 0.717) is 45.1 Å². The molecule has 0 spiro atoms. The van der Waals surface area contributed by atoms with Crippen molar-refractivity contribution in [1.29, 1.82) is 0 Å². The molecule has 10 nitrogen and oxygen atoms in total. The number of hydrogen-bond acceptors (Lipinski definition) is 5. The predicted octanol–water partition coefficient (Wildman–Crippen LogP) is 5.11. The van der Waals surface area contributed by atoms with Crippen LogP contribution in [0.15, 0.2) is 80.8 Å². The molecule has 0 aliphatic carbocycles. The number of carboxylic acid groups (broad SMARTS) is 2. The molecule has 0 saturated heterocycles. The molecule has 0 bridgehead atoms. The first kappa shape index (κ1) is 30.7. The van der Waals surface area contributed by atoms with E-state index in [1.807, 2.05) is 26.0 Å². The topological polar surface area (TPSA) is 161 Å². The number of carbonyl (C=O) groups excluding carboxylic acids is 2. The van der Waals surface area contributed by atoms with Gasteiger partial charge in [0.2, 0.25) is 0 Å². The van der Waals surface area contributed by atoms with Gasteiger partial charge in [-0.1, -0.05) is 25.3 Å². The molecule has 2 amide bonds. The molecule has 4 heterocycles. The van der Waals surface area contributed by atoms with Gasteiger partial charge in [-0.05, 0) is 81.0 Å². The van der Waals surface area contributed by atoms with Crippen molar-refractivity contribution < 1.29 is 29.4 Å². The Hall–Kier alpha value is -5.25. The minimum Gasteiger partial charge on any atom is -0.481 e. The summed E-state index contributed by atoms with van der Waals surface area (Å²) in [6.07, 6.45) is 9.00. The molecule has 0 fully saturated rings.